The average molecular weight is 309 g/mol. The lowest BCUT2D eigenvalue weighted by Gasteiger charge is -2.20. The van der Waals surface area contributed by atoms with Gasteiger partial charge in [0.25, 0.3) is 0 Å². The van der Waals surface area contributed by atoms with E-state index in [4.69, 9.17) is 9.26 Å². The van der Waals surface area contributed by atoms with Crippen molar-refractivity contribution in [2.24, 2.45) is 5.92 Å². The molecule has 1 aromatic heterocycles. The summed E-state index contributed by atoms with van der Waals surface area (Å²) in [7, 11) is 1.65. The summed E-state index contributed by atoms with van der Waals surface area (Å²) in [5.74, 6) is 2.87. The minimum Gasteiger partial charge on any atom is -1.00 e. The van der Waals surface area contributed by atoms with E-state index in [2.05, 4.69) is 15.5 Å². The van der Waals surface area contributed by atoms with E-state index in [9.17, 15) is 0 Å². The molecule has 1 N–H and O–H groups in total. The molecule has 0 unspecified atom stereocenters. The SMILES string of the molecule is COc1ccc(-c2noc(CC3CCNCC3)n2)cc1.[Cl-]. The normalized spacial score (nSPS) is 15.5. The molecule has 0 saturated carbocycles. The van der Waals surface area contributed by atoms with Crippen LogP contribution in [0.2, 0.25) is 0 Å². The van der Waals surface area contributed by atoms with Crippen LogP contribution in [0.4, 0.5) is 0 Å². The zero-order chi connectivity index (χ0) is 13.8. The number of piperidine rings is 1. The largest absolute Gasteiger partial charge is 1.00 e. The molecule has 1 fully saturated rings. The lowest BCUT2D eigenvalue weighted by Crippen LogP contribution is -3.00. The van der Waals surface area contributed by atoms with E-state index in [0.29, 0.717) is 11.7 Å². The first-order valence-corrected chi connectivity index (χ1v) is 7.03. The number of nitrogens with zero attached hydrogens (tertiary/aromatic N) is 2. The highest BCUT2D eigenvalue weighted by atomic mass is 35.5. The number of hydrogen-bond donors (Lipinski definition) is 1. The Morgan fingerprint density at radius 3 is 2.62 bits per heavy atom. The summed E-state index contributed by atoms with van der Waals surface area (Å²) in [5, 5.41) is 7.43. The second kappa shape index (κ2) is 7.43. The van der Waals surface area contributed by atoms with Gasteiger partial charge < -0.3 is 27.0 Å². The van der Waals surface area contributed by atoms with Gasteiger partial charge in [-0.15, -0.1) is 0 Å². The van der Waals surface area contributed by atoms with Crippen LogP contribution < -0.4 is 22.5 Å². The van der Waals surface area contributed by atoms with Crippen LogP contribution >= 0.6 is 0 Å². The molecule has 1 aliphatic rings. The Balaban J connectivity index is 0.00000161. The first kappa shape index (κ1) is 15.8. The lowest BCUT2D eigenvalue weighted by atomic mass is 9.95. The number of benzene rings is 1. The number of halogens is 1. The summed E-state index contributed by atoms with van der Waals surface area (Å²) in [6.07, 6.45) is 3.24. The predicted octanol–water partition coefficient (Wildman–Crippen LogP) is -0.709. The van der Waals surface area contributed by atoms with E-state index in [0.717, 1.165) is 36.7 Å². The van der Waals surface area contributed by atoms with Crippen LogP contribution in [0.15, 0.2) is 28.8 Å². The molecular formula is C15H19ClN3O2-. The molecule has 2 aromatic rings. The fraction of sp³-hybridized carbons (Fsp3) is 0.467. The third kappa shape index (κ3) is 3.95. The van der Waals surface area contributed by atoms with Crippen molar-refractivity contribution in [1.82, 2.24) is 15.5 Å². The molecule has 1 aliphatic heterocycles. The molecule has 0 radical (unpaired) electrons. The van der Waals surface area contributed by atoms with Crippen LogP contribution in [0, 0.1) is 5.92 Å². The number of rotatable bonds is 4. The Hall–Kier alpha value is -1.59. The lowest BCUT2D eigenvalue weighted by molar-refractivity contribution is -0.00000520. The monoisotopic (exact) mass is 308 g/mol. The van der Waals surface area contributed by atoms with Gasteiger partial charge in [0.2, 0.25) is 11.7 Å². The van der Waals surface area contributed by atoms with E-state index in [-0.39, 0.29) is 12.4 Å². The second-order valence-electron chi connectivity index (χ2n) is 5.14. The molecule has 21 heavy (non-hydrogen) atoms. The Morgan fingerprint density at radius 1 is 1.24 bits per heavy atom. The summed E-state index contributed by atoms with van der Waals surface area (Å²) in [6.45, 7) is 2.17. The molecular weight excluding hydrogens is 290 g/mol. The van der Waals surface area contributed by atoms with Gasteiger partial charge in [0, 0.05) is 12.0 Å². The highest BCUT2D eigenvalue weighted by Crippen LogP contribution is 2.22. The average Bonchev–Trinajstić information content (AvgIpc) is 2.97. The van der Waals surface area contributed by atoms with Gasteiger partial charge in [-0.3, -0.25) is 0 Å². The van der Waals surface area contributed by atoms with Crippen molar-refractivity contribution < 1.29 is 21.7 Å². The number of hydrogen-bond acceptors (Lipinski definition) is 5. The molecule has 0 bridgehead atoms. The Bertz CT molecular complexity index is 550. The van der Waals surface area contributed by atoms with E-state index in [1.165, 1.54) is 12.8 Å². The maximum absolute atomic E-state index is 5.37. The van der Waals surface area contributed by atoms with Gasteiger partial charge in [-0.05, 0) is 56.1 Å². The maximum atomic E-state index is 5.37. The van der Waals surface area contributed by atoms with E-state index in [1.54, 1.807) is 7.11 Å². The first-order valence-electron chi connectivity index (χ1n) is 7.03. The fourth-order valence-corrected chi connectivity index (χ4v) is 2.53. The summed E-state index contributed by atoms with van der Waals surface area (Å²) in [5.41, 5.74) is 0.950. The number of nitrogens with one attached hydrogen (secondary N) is 1. The van der Waals surface area contributed by atoms with Gasteiger partial charge >= 0.3 is 0 Å². The summed E-state index contributed by atoms with van der Waals surface area (Å²) >= 11 is 0. The van der Waals surface area contributed by atoms with Gasteiger partial charge in [-0.25, -0.2) is 0 Å². The van der Waals surface area contributed by atoms with Crippen LogP contribution in [0.5, 0.6) is 5.75 Å². The van der Waals surface area contributed by atoms with Gasteiger partial charge in [0.15, 0.2) is 0 Å². The third-order valence-corrected chi connectivity index (χ3v) is 3.74. The Kier molecular flexibility index (Phi) is 5.59. The number of methoxy groups -OCH3 is 1. The van der Waals surface area contributed by atoms with Gasteiger partial charge in [-0.2, -0.15) is 4.98 Å². The van der Waals surface area contributed by atoms with Gasteiger partial charge in [-0.1, -0.05) is 5.16 Å². The van der Waals surface area contributed by atoms with Gasteiger partial charge in [0.1, 0.15) is 5.75 Å². The summed E-state index contributed by atoms with van der Waals surface area (Å²) in [4.78, 5) is 4.49. The molecule has 2 heterocycles. The maximum Gasteiger partial charge on any atom is 0.227 e. The first-order chi connectivity index (χ1) is 9.85. The van der Waals surface area contributed by atoms with Crippen molar-refractivity contribution in [2.75, 3.05) is 20.2 Å². The molecule has 0 spiro atoms. The Morgan fingerprint density at radius 2 is 1.95 bits per heavy atom. The van der Waals surface area contributed by atoms with Crippen molar-refractivity contribution in [3.8, 4) is 17.1 Å². The standard InChI is InChI=1S/C15H19N3O2.ClH/c1-19-13-4-2-12(3-5-13)15-17-14(20-18-15)10-11-6-8-16-9-7-11;/h2-5,11,16H,6-10H2,1H3;1H/p-1. The smallest absolute Gasteiger partial charge is 0.227 e. The van der Waals surface area contributed by atoms with Crippen molar-refractivity contribution in [1.29, 1.82) is 0 Å². The molecule has 0 aliphatic carbocycles. The van der Waals surface area contributed by atoms with Crippen molar-refractivity contribution in [2.45, 2.75) is 19.3 Å². The van der Waals surface area contributed by atoms with Crippen LogP contribution in [-0.2, 0) is 6.42 Å². The molecule has 6 heteroatoms. The topological polar surface area (TPSA) is 60.2 Å². The zero-order valence-electron chi connectivity index (χ0n) is 12.0. The van der Waals surface area contributed by atoms with Crippen LogP contribution in [0.3, 0.4) is 0 Å². The predicted molar refractivity (Wildman–Crippen MR) is 75.6 cm³/mol. The minimum atomic E-state index is 0. The zero-order valence-corrected chi connectivity index (χ0v) is 12.8. The molecule has 1 saturated heterocycles. The second-order valence-corrected chi connectivity index (χ2v) is 5.14. The van der Waals surface area contributed by atoms with Crippen LogP contribution in [0.25, 0.3) is 11.4 Å². The minimum absolute atomic E-state index is 0. The van der Waals surface area contributed by atoms with Crippen molar-refractivity contribution in [3.63, 3.8) is 0 Å². The van der Waals surface area contributed by atoms with Crippen molar-refractivity contribution >= 4 is 0 Å². The fourth-order valence-electron chi connectivity index (χ4n) is 2.53. The highest BCUT2D eigenvalue weighted by Gasteiger charge is 2.17. The molecule has 5 nitrogen and oxygen atoms in total. The van der Waals surface area contributed by atoms with E-state index < -0.39 is 0 Å². The van der Waals surface area contributed by atoms with E-state index >= 15 is 0 Å². The number of ether oxygens (including phenoxy) is 1. The molecule has 1 aromatic carbocycles. The van der Waals surface area contributed by atoms with Gasteiger partial charge in [0.05, 0.1) is 7.11 Å². The van der Waals surface area contributed by atoms with Crippen molar-refractivity contribution in [3.05, 3.63) is 30.2 Å². The van der Waals surface area contributed by atoms with Crippen LogP contribution in [0.1, 0.15) is 18.7 Å². The Labute approximate surface area is 130 Å². The molecule has 0 atom stereocenters. The molecule has 3 rings (SSSR count). The van der Waals surface area contributed by atoms with Crippen LogP contribution in [-0.4, -0.2) is 30.3 Å². The third-order valence-electron chi connectivity index (χ3n) is 3.74. The van der Waals surface area contributed by atoms with E-state index in [1.807, 2.05) is 24.3 Å². The summed E-state index contributed by atoms with van der Waals surface area (Å²) in [6, 6.07) is 7.69. The highest BCUT2D eigenvalue weighted by molar-refractivity contribution is 5.55. The molecule has 0 amide bonds. The summed E-state index contributed by atoms with van der Waals surface area (Å²) < 4.78 is 10.5. The quantitative estimate of drug-likeness (QED) is 0.809. The number of aromatic nitrogens is 2. The molecule has 114 valence electrons.